The predicted molar refractivity (Wildman–Crippen MR) is 98.2 cm³/mol. The van der Waals surface area contributed by atoms with Crippen molar-refractivity contribution < 1.29 is 9.59 Å². The van der Waals surface area contributed by atoms with Crippen LogP contribution in [0.4, 0.5) is 0 Å². The highest BCUT2D eigenvalue weighted by Crippen LogP contribution is 2.32. The lowest BCUT2D eigenvalue weighted by Crippen LogP contribution is -2.44. The van der Waals surface area contributed by atoms with E-state index in [-0.39, 0.29) is 16.1 Å². The number of thiophene rings is 1. The Labute approximate surface area is 151 Å². The number of hydrazine groups is 1. The Hall–Kier alpha value is -1.67. The maximum Gasteiger partial charge on any atom is 0.285 e. The summed E-state index contributed by atoms with van der Waals surface area (Å²) in [4.78, 5) is 25.4. The van der Waals surface area contributed by atoms with Gasteiger partial charge in [-0.15, -0.1) is 11.3 Å². The Balaban J connectivity index is 1.80. The summed E-state index contributed by atoms with van der Waals surface area (Å²) in [6.07, 6.45) is 1.67. The van der Waals surface area contributed by atoms with E-state index in [4.69, 9.17) is 23.8 Å². The Kier molecular flexibility index (Phi) is 4.82. The number of carbonyl (C=O) groups excluding carboxylic acids is 2. The Morgan fingerprint density at radius 2 is 2.04 bits per heavy atom. The van der Waals surface area contributed by atoms with Crippen molar-refractivity contribution in [2.75, 3.05) is 0 Å². The highest BCUT2D eigenvalue weighted by atomic mass is 35.5. The van der Waals surface area contributed by atoms with Gasteiger partial charge in [-0.05, 0) is 41.4 Å². The third kappa shape index (κ3) is 3.48. The average Bonchev–Trinajstić information content (AvgIpc) is 3.14. The molecule has 2 amide bonds. The fraction of sp³-hybridized carbons (Fsp3) is 0. The average molecular weight is 381 g/mol. The molecule has 0 saturated carbocycles. The highest BCUT2D eigenvalue weighted by molar-refractivity contribution is 8.26. The van der Waals surface area contributed by atoms with Gasteiger partial charge in [-0.3, -0.25) is 15.0 Å². The van der Waals surface area contributed by atoms with Crippen molar-refractivity contribution in [2.45, 2.75) is 0 Å². The third-order valence-corrected chi connectivity index (χ3v) is 5.46. The lowest BCUT2D eigenvalue weighted by Gasteiger charge is -2.14. The third-order valence-electron chi connectivity index (χ3n) is 2.94. The number of halogens is 1. The summed E-state index contributed by atoms with van der Waals surface area (Å²) in [5.41, 5.74) is 3.25. The molecule has 1 aromatic carbocycles. The van der Waals surface area contributed by atoms with E-state index >= 15 is 0 Å². The van der Waals surface area contributed by atoms with Gasteiger partial charge in [-0.2, -0.15) is 5.01 Å². The van der Waals surface area contributed by atoms with Gasteiger partial charge in [0, 0.05) is 5.02 Å². The molecule has 3 rings (SSSR count). The van der Waals surface area contributed by atoms with Gasteiger partial charge in [0.1, 0.15) is 0 Å². The van der Waals surface area contributed by atoms with Crippen molar-refractivity contribution in [3.05, 3.63) is 62.1 Å². The molecule has 1 saturated heterocycles. The van der Waals surface area contributed by atoms with E-state index in [1.807, 2.05) is 12.1 Å². The number of hydrogen-bond acceptors (Lipinski definition) is 5. The smallest absolute Gasteiger partial charge is 0.266 e. The van der Waals surface area contributed by atoms with Crippen LogP contribution in [0.3, 0.4) is 0 Å². The van der Waals surface area contributed by atoms with Gasteiger partial charge in [0.05, 0.1) is 9.78 Å². The van der Waals surface area contributed by atoms with Gasteiger partial charge >= 0.3 is 0 Å². The number of amides is 2. The molecule has 0 unspecified atom stereocenters. The Morgan fingerprint density at radius 3 is 2.74 bits per heavy atom. The predicted octanol–water partition coefficient (Wildman–Crippen LogP) is 3.95. The number of rotatable bonds is 3. The highest BCUT2D eigenvalue weighted by Gasteiger charge is 2.34. The zero-order valence-corrected chi connectivity index (χ0v) is 14.7. The van der Waals surface area contributed by atoms with Crippen LogP contribution in [-0.4, -0.2) is 21.1 Å². The van der Waals surface area contributed by atoms with Crippen molar-refractivity contribution in [1.82, 2.24) is 10.4 Å². The van der Waals surface area contributed by atoms with Crippen molar-refractivity contribution in [2.24, 2.45) is 0 Å². The van der Waals surface area contributed by atoms with Crippen LogP contribution in [0.25, 0.3) is 6.08 Å². The summed E-state index contributed by atoms with van der Waals surface area (Å²) >= 11 is 13.7. The van der Waals surface area contributed by atoms with Crippen molar-refractivity contribution in [3.8, 4) is 0 Å². The van der Waals surface area contributed by atoms with E-state index in [1.165, 1.54) is 11.3 Å². The number of hydrogen-bond donors (Lipinski definition) is 1. The minimum absolute atomic E-state index is 0.276. The summed E-state index contributed by atoms with van der Waals surface area (Å²) in [7, 11) is 0. The second kappa shape index (κ2) is 6.84. The van der Waals surface area contributed by atoms with Crippen LogP contribution < -0.4 is 5.43 Å². The van der Waals surface area contributed by atoms with Gasteiger partial charge in [0.2, 0.25) is 0 Å². The second-order valence-electron chi connectivity index (χ2n) is 4.46. The minimum atomic E-state index is -0.371. The molecule has 0 bridgehead atoms. The van der Waals surface area contributed by atoms with E-state index in [0.29, 0.717) is 14.8 Å². The number of benzene rings is 1. The number of thiocarbonyl (C=S) groups is 1. The first kappa shape index (κ1) is 16.2. The summed E-state index contributed by atoms with van der Waals surface area (Å²) in [6.45, 7) is 0. The first-order valence-electron chi connectivity index (χ1n) is 6.43. The molecule has 1 N–H and O–H groups in total. The number of carbonyl (C=O) groups is 2. The molecular weight excluding hydrogens is 372 g/mol. The van der Waals surface area contributed by atoms with Crippen LogP contribution in [0.5, 0.6) is 0 Å². The van der Waals surface area contributed by atoms with Gasteiger partial charge in [-0.1, -0.05) is 47.6 Å². The summed E-state index contributed by atoms with van der Waals surface area (Å²) in [5.74, 6) is -0.736. The van der Waals surface area contributed by atoms with Crippen LogP contribution >= 0.6 is 46.9 Å². The summed E-state index contributed by atoms with van der Waals surface area (Å²) < 4.78 is 0.276. The van der Waals surface area contributed by atoms with E-state index in [2.05, 4.69) is 5.43 Å². The molecular formula is C15H9ClN2O2S3. The molecule has 0 atom stereocenters. The van der Waals surface area contributed by atoms with E-state index < -0.39 is 0 Å². The van der Waals surface area contributed by atoms with Crippen LogP contribution in [0, 0.1) is 0 Å². The summed E-state index contributed by atoms with van der Waals surface area (Å²) in [6, 6.07) is 10.6. The van der Waals surface area contributed by atoms with E-state index in [0.717, 1.165) is 22.3 Å². The standard InChI is InChI=1S/C15H9ClN2O2S3/c16-10-5-2-1-4-9(10)8-12-14(20)18(15(21)23-12)17-13(19)11-6-3-7-22-11/h1-8H,(H,17,19). The molecule has 1 fully saturated rings. The number of thioether (sulfide) groups is 1. The maximum atomic E-state index is 12.4. The van der Waals surface area contributed by atoms with Gasteiger partial charge < -0.3 is 0 Å². The molecule has 0 spiro atoms. The number of nitrogens with zero attached hydrogens (tertiary/aromatic N) is 1. The number of nitrogens with one attached hydrogen (secondary N) is 1. The van der Waals surface area contributed by atoms with Crippen LogP contribution in [0.2, 0.25) is 5.02 Å². The fourth-order valence-electron chi connectivity index (χ4n) is 1.86. The molecule has 1 aromatic heterocycles. The zero-order valence-electron chi connectivity index (χ0n) is 11.5. The molecule has 1 aliphatic rings. The van der Waals surface area contributed by atoms with Crippen LogP contribution in [-0.2, 0) is 4.79 Å². The molecule has 2 aromatic rings. The zero-order chi connectivity index (χ0) is 16.4. The molecule has 8 heteroatoms. The Morgan fingerprint density at radius 1 is 1.26 bits per heavy atom. The first-order chi connectivity index (χ1) is 11.1. The molecule has 2 heterocycles. The van der Waals surface area contributed by atoms with Gasteiger partial charge in [0.15, 0.2) is 4.32 Å². The lowest BCUT2D eigenvalue weighted by molar-refractivity contribution is -0.123. The quantitative estimate of drug-likeness (QED) is 0.647. The van der Waals surface area contributed by atoms with Crippen LogP contribution in [0.1, 0.15) is 15.2 Å². The molecule has 1 aliphatic heterocycles. The molecule has 0 aliphatic carbocycles. The molecule has 4 nitrogen and oxygen atoms in total. The summed E-state index contributed by atoms with van der Waals surface area (Å²) in [5, 5.41) is 3.42. The second-order valence-corrected chi connectivity index (χ2v) is 7.49. The van der Waals surface area contributed by atoms with Gasteiger partial charge in [-0.25, -0.2) is 0 Å². The van der Waals surface area contributed by atoms with Crippen LogP contribution in [0.15, 0.2) is 46.7 Å². The normalized spacial score (nSPS) is 16.2. The molecule has 116 valence electrons. The first-order valence-corrected chi connectivity index (χ1v) is 8.91. The monoisotopic (exact) mass is 380 g/mol. The van der Waals surface area contributed by atoms with E-state index in [1.54, 1.807) is 35.7 Å². The van der Waals surface area contributed by atoms with Crippen molar-refractivity contribution in [1.29, 1.82) is 0 Å². The largest absolute Gasteiger partial charge is 0.285 e. The Bertz CT molecular complexity index is 818. The molecule has 23 heavy (non-hydrogen) atoms. The maximum absolute atomic E-state index is 12.4. The van der Waals surface area contributed by atoms with Crippen molar-refractivity contribution >= 4 is 69.1 Å². The van der Waals surface area contributed by atoms with Crippen molar-refractivity contribution in [3.63, 3.8) is 0 Å². The SMILES string of the molecule is O=C(NN1C(=O)C(=Cc2ccccc2Cl)SC1=S)c1cccs1. The fourth-order valence-corrected chi connectivity index (χ4v) is 3.84. The van der Waals surface area contributed by atoms with Gasteiger partial charge in [0.25, 0.3) is 11.8 Å². The minimum Gasteiger partial charge on any atom is -0.266 e. The van der Waals surface area contributed by atoms with E-state index in [9.17, 15) is 9.59 Å². The topological polar surface area (TPSA) is 49.4 Å². The lowest BCUT2D eigenvalue weighted by atomic mass is 10.2. The molecule has 0 radical (unpaired) electrons.